The quantitative estimate of drug-likeness (QED) is 0.782. The average molecular weight is 334 g/mol. The van der Waals surface area contributed by atoms with Crippen LogP contribution in [0.1, 0.15) is 31.1 Å². The average Bonchev–Trinajstić information content (AvgIpc) is 2.57. The van der Waals surface area contributed by atoms with Gasteiger partial charge in [-0.3, -0.25) is 4.90 Å². The molecule has 2 aromatic carbocycles. The van der Waals surface area contributed by atoms with E-state index in [-0.39, 0.29) is 0 Å². The standard InChI is InChI=1S/C19H24ClNO2/c1-3-21(13-15-8-6-5-7-9-15)14-18(22)16-10-11-19(23-4-2)17(20)12-16/h5-12,18,22H,3-4,13-14H2,1-2H3/t18-/m1/s1. The summed E-state index contributed by atoms with van der Waals surface area (Å²) < 4.78 is 5.43. The van der Waals surface area contributed by atoms with Crippen molar-refractivity contribution in [2.75, 3.05) is 19.7 Å². The van der Waals surface area contributed by atoms with Crippen LogP contribution in [0.15, 0.2) is 48.5 Å². The van der Waals surface area contributed by atoms with Gasteiger partial charge in [0, 0.05) is 13.1 Å². The van der Waals surface area contributed by atoms with E-state index in [1.54, 1.807) is 6.07 Å². The van der Waals surface area contributed by atoms with Crippen molar-refractivity contribution in [3.63, 3.8) is 0 Å². The van der Waals surface area contributed by atoms with Gasteiger partial charge in [-0.05, 0) is 36.7 Å². The number of likely N-dealkylation sites (N-methyl/N-ethyl adjacent to an activating group) is 1. The van der Waals surface area contributed by atoms with Gasteiger partial charge in [-0.15, -0.1) is 0 Å². The third kappa shape index (κ3) is 5.24. The van der Waals surface area contributed by atoms with Crippen molar-refractivity contribution >= 4 is 11.6 Å². The highest BCUT2D eigenvalue weighted by molar-refractivity contribution is 6.32. The molecule has 0 fully saturated rings. The Morgan fingerprint density at radius 1 is 1.13 bits per heavy atom. The number of ether oxygens (including phenoxy) is 1. The van der Waals surface area contributed by atoms with Gasteiger partial charge in [-0.25, -0.2) is 0 Å². The second-order valence-corrected chi connectivity index (χ2v) is 5.86. The Bertz CT molecular complexity index is 604. The van der Waals surface area contributed by atoms with Crippen LogP contribution in [0.2, 0.25) is 5.02 Å². The lowest BCUT2D eigenvalue weighted by atomic mass is 10.1. The molecule has 0 aliphatic carbocycles. The first-order valence-electron chi connectivity index (χ1n) is 8.00. The minimum absolute atomic E-state index is 0.537. The molecule has 0 saturated heterocycles. The topological polar surface area (TPSA) is 32.7 Å². The van der Waals surface area contributed by atoms with Gasteiger partial charge in [0.1, 0.15) is 5.75 Å². The first-order valence-corrected chi connectivity index (χ1v) is 8.38. The number of aliphatic hydroxyl groups is 1. The molecule has 0 radical (unpaired) electrons. The summed E-state index contributed by atoms with van der Waals surface area (Å²) in [6.07, 6.45) is -0.577. The summed E-state index contributed by atoms with van der Waals surface area (Å²) in [5.41, 5.74) is 2.05. The van der Waals surface area contributed by atoms with Crippen LogP contribution in [0.5, 0.6) is 5.75 Å². The van der Waals surface area contributed by atoms with E-state index in [1.807, 2.05) is 37.3 Å². The highest BCUT2D eigenvalue weighted by atomic mass is 35.5. The van der Waals surface area contributed by atoms with Crippen LogP contribution in [0.3, 0.4) is 0 Å². The van der Waals surface area contributed by atoms with E-state index in [0.717, 1.165) is 18.7 Å². The lowest BCUT2D eigenvalue weighted by Crippen LogP contribution is -2.28. The number of rotatable bonds is 8. The molecule has 1 atom stereocenters. The Hall–Kier alpha value is -1.55. The summed E-state index contributed by atoms with van der Waals surface area (Å²) in [5, 5.41) is 11.0. The largest absolute Gasteiger partial charge is 0.492 e. The summed E-state index contributed by atoms with van der Waals surface area (Å²) in [4.78, 5) is 2.21. The molecule has 0 bridgehead atoms. The zero-order chi connectivity index (χ0) is 16.7. The number of aliphatic hydroxyl groups excluding tert-OH is 1. The van der Waals surface area contributed by atoms with Gasteiger partial charge in [0.05, 0.1) is 17.7 Å². The molecule has 3 nitrogen and oxygen atoms in total. The van der Waals surface area contributed by atoms with E-state index >= 15 is 0 Å². The van der Waals surface area contributed by atoms with Crippen LogP contribution in [0.25, 0.3) is 0 Å². The van der Waals surface area contributed by atoms with E-state index < -0.39 is 6.10 Å². The molecule has 0 heterocycles. The maximum atomic E-state index is 10.5. The van der Waals surface area contributed by atoms with E-state index in [4.69, 9.17) is 16.3 Å². The fraction of sp³-hybridized carbons (Fsp3) is 0.368. The van der Waals surface area contributed by atoms with Crippen molar-refractivity contribution in [3.05, 3.63) is 64.7 Å². The summed E-state index contributed by atoms with van der Waals surface area (Å²) >= 11 is 6.20. The molecule has 0 amide bonds. The van der Waals surface area contributed by atoms with Crippen LogP contribution in [0.4, 0.5) is 0 Å². The van der Waals surface area contributed by atoms with Crippen LogP contribution < -0.4 is 4.74 Å². The summed E-state index contributed by atoms with van der Waals surface area (Å²) in [7, 11) is 0. The Labute approximate surface area is 143 Å². The highest BCUT2D eigenvalue weighted by Gasteiger charge is 2.14. The molecule has 2 aromatic rings. The Morgan fingerprint density at radius 3 is 2.48 bits per heavy atom. The molecule has 23 heavy (non-hydrogen) atoms. The molecule has 0 aromatic heterocycles. The third-order valence-electron chi connectivity index (χ3n) is 3.77. The maximum absolute atomic E-state index is 10.5. The molecule has 1 N–H and O–H groups in total. The summed E-state index contributed by atoms with van der Waals surface area (Å²) in [6, 6.07) is 15.8. The third-order valence-corrected chi connectivity index (χ3v) is 4.06. The minimum Gasteiger partial charge on any atom is -0.492 e. The van der Waals surface area contributed by atoms with E-state index in [0.29, 0.717) is 23.9 Å². The first kappa shape index (κ1) is 17.8. The first-order chi connectivity index (χ1) is 11.1. The fourth-order valence-corrected chi connectivity index (χ4v) is 2.74. The highest BCUT2D eigenvalue weighted by Crippen LogP contribution is 2.28. The molecular weight excluding hydrogens is 310 g/mol. The van der Waals surface area contributed by atoms with Crippen molar-refractivity contribution in [1.29, 1.82) is 0 Å². The monoisotopic (exact) mass is 333 g/mol. The molecule has 0 saturated carbocycles. The number of hydrogen-bond acceptors (Lipinski definition) is 3. The lowest BCUT2D eigenvalue weighted by molar-refractivity contribution is 0.112. The summed E-state index contributed by atoms with van der Waals surface area (Å²) in [5.74, 6) is 0.654. The number of hydrogen-bond donors (Lipinski definition) is 1. The van der Waals surface area contributed by atoms with Gasteiger partial charge >= 0.3 is 0 Å². The van der Waals surface area contributed by atoms with Crippen molar-refractivity contribution in [2.45, 2.75) is 26.5 Å². The predicted molar refractivity (Wildman–Crippen MR) is 95.0 cm³/mol. The lowest BCUT2D eigenvalue weighted by Gasteiger charge is -2.24. The van der Waals surface area contributed by atoms with Crippen LogP contribution in [-0.2, 0) is 6.54 Å². The zero-order valence-electron chi connectivity index (χ0n) is 13.7. The van der Waals surface area contributed by atoms with Gasteiger partial charge in [-0.1, -0.05) is 54.9 Å². The van der Waals surface area contributed by atoms with Crippen molar-refractivity contribution < 1.29 is 9.84 Å². The molecule has 0 spiro atoms. The van der Waals surface area contributed by atoms with Crippen LogP contribution in [0, 0.1) is 0 Å². The van der Waals surface area contributed by atoms with Crippen molar-refractivity contribution in [1.82, 2.24) is 4.90 Å². The Morgan fingerprint density at radius 2 is 1.87 bits per heavy atom. The zero-order valence-corrected chi connectivity index (χ0v) is 14.5. The Kier molecular flexibility index (Phi) is 6.90. The van der Waals surface area contributed by atoms with E-state index in [1.165, 1.54) is 5.56 Å². The normalized spacial score (nSPS) is 12.4. The van der Waals surface area contributed by atoms with E-state index in [9.17, 15) is 5.11 Å². The molecule has 0 aliphatic rings. The summed E-state index contributed by atoms with van der Waals surface area (Å²) in [6.45, 7) is 6.84. The van der Waals surface area contributed by atoms with Crippen LogP contribution in [-0.4, -0.2) is 29.7 Å². The maximum Gasteiger partial charge on any atom is 0.137 e. The van der Waals surface area contributed by atoms with Crippen LogP contribution >= 0.6 is 11.6 Å². The molecule has 0 aliphatic heterocycles. The molecule has 0 unspecified atom stereocenters. The molecule has 124 valence electrons. The fourth-order valence-electron chi connectivity index (χ4n) is 2.49. The SMILES string of the molecule is CCOc1ccc([C@H](O)CN(CC)Cc2ccccc2)cc1Cl. The molecule has 2 rings (SSSR count). The van der Waals surface area contributed by atoms with Crippen molar-refractivity contribution in [3.8, 4) is 5.75 Å². The smallest absolute Gasteiger partial charge is 0.137 e. The minimum atomic E-state index is -0.577. The second kappa shape index (κ2) is 8.92. The van der Waals surface area contributed by atoms with E-state index in [2.05, 4.69) is 24.0 Å². The van der Waals surface area contributed by atoms with Gasteiger partial charge in [0.25, 0.3) is 0 Å². The number of benzene rings is 2. The predicted octanol–water partition coefficient (Wildman–Crippen LogP) is 4.29. The molecule has 4 heteroatoms. The van der Waals surface area contributed by atoms with Gasteiger partial charge in [0.15, 0.2) is 0 Å². The second-order valence-electron chi connectivity index (χ2n) is 5.45. The molecular formula is C19H24ClNO2. The van der Waals surface area contributed by atoms with Gasteiger partial charge in [-0.2, -0.15) is 0 Å². The number of halogens is 1. The Balaban J connectivity index is 2.01. The van der Waals surface area contributed by atoms with Crippen molar-refractivity contribution in [2.24, 2.45) is 0 Å². The number of nitrogens with zero attached hydrogens (tertiary/aromatic N) is 1. The van der Waals surface area contributed by atoms with Gasteiger partial charge < -0.3 is 9.84 Å². The van der Waals surface area contributed by atoms with Gasteiger partial charge in [0.2, 0.25) is 0 Å².